The van der Waals surface area contributed by atoms with E-state index in [9.17, 15) is 9.90 Å². The van der Waals surface area contributed by atoms with Gasteiger partial charge in [-0.2, -0.15) is 0 Å². The Kier molecular flexibility index (Phi) is 5.19. The van der Waals surface area contributed by atoms with E-state index in [0.717, 1.165) is 35.9 Å². The van der Waals surface area contributed by atoms with Crippen molar-refractivity contribution >= 4 is 34.5 Å². The number of halogens is 1. The minimum Gasteiger partial charge on any atom is -0.453 e. The van der Waals surface area contributed by atoms with E-state index < -0.39 is 12.2 Å². The molecule has 2 aromatic heterocycles. The van der Waals surface area contributed by atoms with Crippen molar-refractivity contribution in [2.24, 2.45) is 5.92 Å². The molecule has 1 aromatic carbocycles. The van der Waals surface area contributed by atoms with Gasteiger partial charge in [0, 0.05) is 17.3 Å². The summed E-state index contributed by atoms with van der Waals surface area (Å²) in [5.74, 6) is 0.587. The average molecular weight is 401 g/mol. The number of hydrogen-bond donors (Lipinski definition) is 2. The van der Waals surface area contributed by atoms with Crippen molar-refractivity contribution in [3.05, 3.63) is 53.4 Å². The SMILES string of the molecule is COC(=O)Nc1ncnc2c1ccn2C1CCC(C(O)c2ccc(Cl)cc2)C1. The Morgan fingerprint density at radius 2 is 2.07 bits per heavy atom. The summed E-state index contributed by atoms with van der Waals surface area (Å²) in [4.78, 5) is 20.1. The lowest BCUT2D eigenvalue weighted by molar-refractivity contribution is 0.109. The predicted molar refractivity (Wildman–Crippen MR) is 106 cm³/mol. The highest BCUT2D eigenvalue weighted by molar-refractivity contribution is 6.30. The fraction of sp³-hybridized carbons (Fsp3) is 0.350. The van der Waals surface area contributed by atoms with Gasteiger partial charge in [-0.3, -0.25) is 5.32 Å². The van der Waals surface area contributed by atoms with Crippen LogP contribution in [-0.2, 0) is 4.74 Å². The first-order chi connectivity index (χ1) is 13.6. The molecule has 0 aliphatic heterocycles. The Morgan fingerprint density at radius 3 is 2.82 bits per heavy atom. The van der Waals surface area contributed by atoms with Gasteiger partial charge in [-0.1, -0.05) is 23.7 Å². The molecule has 4 rings (SSSR count). The monoisotopic (exact) mass is 400 g/mol. The van der Waals surface area contributed by atoms with E-state index in [1.807, 2.05) is 24.4 Å². The normalized spacial score (nSPS) is 20.2. The van der Waals surface area contributed by atoms with E-state index in [4.69, 9.17) is 11.6 Å². The number of methoxy groups -OCH3 is 1. The number of fused-ring (bicyclic) bond motifs is 1. The highest BCUT2D eigenvalue weighted by atomic mass is 35.5. The second kappa shape index (κ2) is 7.77. The van der Waals surface area contributed by atoms with Crippen LogP contribution >= 0.6 is 11.6 Å². The Bertz CT molecular complexity index is 989. The van der Waals surface area contributed by atoms with E-state index in [0.29, 0.717) is 10.8 Å². The molecular formula is C20H21ClN4O3. The Hall–Kier alpha value is -2.64. The molecule has 7 nitrogen and oxygen atoms in total. The van der Waals surface area contributed by atoms with Crippen molar-refractivity contribution in [3.8, 4) is 0 Å². The molecule has 0 bridgehead atoms. The molecule has 8 heteroatoms. The first-order valence-corrected chi connectivity index (χ1v) is 9.54. The summed E-state index contributed by atoms with van der Waals surface area (Å²) in [5.41, 5.74) is 1.65. The standard InChI is InChI=1S/C20H21ClN4O3/c1-28-20(27)24-18-16-8-9-25(19(16)23-11-22-18)15-7-4-13(10-15)17(26)12-2-5-14(21)6-3-12/h2-3,5-6,8-9,11,13,15,17,26H,4,7,10H2,1H3,(H,22,23,24,27). The molecule has 3 atom stereocenters. The number of hydrogen-bond acceptors (Lipinski definition) is 5. The van der Waals surface area contributed by atoms with Crippen molar-refractivity contribution in [3.63, 3.8) is 0 Å². The third-order valence-electron chi connectivity index (χ3n) is 5.41. The van der Waals surface area contributed by atoms with Crippen LogP contribution in [0.5, 0.6) is 0 Å². The second-order valence-corrected chi connectivity index (χ2v) is 7.46. The highest BCUT2D eigenvalue weighted by Gasteiger charge is 2.32. The molecule has 0 spiro atoms. The fourth-order valence-corrected chi connectivity index (χ4v) is 4.10. The van der Waals surface area contributed by atoms with Crippen LogP contribution in [0.4, 0.5) is 10.6 Å². The lowest BCUT2D eigenvalue weighted by Gasteiger charge is -2.19. The Labute approximate surface area is 167 Å². The topological polar surface area (TPSA) is 89.3 Å². The minimum absolute atomic E-state index is 0.165. The lowest BCUT2D eigenvalue weighted by Crippen LogP contribution is -2.13. The number of carbonyl (C=O) groups excluding carboxylic acids is 1. The molecule has 1 fully saturated rings. The number of nitrogens with zero attached hydrogens (tertiary/aromatic N) is 3. The van der Waals surface area contributed by atoms with E-state index in [1.54, 1.807) is 12.1 Å². The molecule has 3 aromatic rings. The number of rotatable bonds is 4. The van der Waals surface area contributed by atoms with Gasteiger partial charge in [-0.05, 0) is 48.9 Å². The summed E-state index contributed by atoms with van der Waals surface area (Å²) in [6.45, 7) is 0. The molecule has 0 saturated heterocycles. The zero-order chi connectivity index (χ0) is 19.7. The van der Waals surface area contributed by atoms with Gasteiger partial charge in [0.1, 0.15) is 17.8 Å². The van der Waals surface area contributed by atoms with E-state index in [-0.39, 0.29) is 12.0 Å². The third kappa shape index (κ3) is 3.55. The summed E-state index contributed by atoms with van der Waals surface area (Å²) in [6.07, 6.45) is 5.02. The molecule has 1 aliphatic rings. The number of benzene rings is 1. The molecule has 2 heterocycles. The van der Waals surface area contributed by atoms with Crippen LogP contribution in [0.1, 0.15) is 37.0 Å². The van der Waals surface area contributed by atoms with Crippen LogP contribution < -0.4 is 5.32 Å². The predicted octanol–water partition coefficient (Wildman–Crippen LogP) is 4.34. The molecule has 1 saturated carbocycles. The first kappa shape index (κ1) is 18.7. The quantitative estimate of drug-likeness (QED) is 0.680. The summed E-state index contributed by atoms with van der Waals surface area (Å²) in [7, 11) is 1.31. The number of amides is 1. The van der Waals surface area contributed by atoms with Crippen molar-refractivity contribution < 1.29 is 14.6 Å². The second-order valence-electron chi connectivity index (χ2n) is 7.02. The van der Waals surface area contributed by atoms with Crippen LogP contribution in [0.25, 0.3) is 11.0 Å². The van der Waals surface area contributed by atoms with Gasteiger partial charge >= 0.3 is 6.09 Å². The minimum atomic E-state index is -0.570. The largest absolute Gasteiger partial charge is 0.453 e. The smallest absolute Gasteiger partial charge is 0.412 e. The summed E-state index contributed by atoms with van der Waals surface area (Å²) in [5, 5.41) is 14.8. The maximum atomic E-state index is 11.5. The first-order valence-electron chi connectivity index (χ1n) is 9.17. The number of carbonyl (C=O) groups is 1. The van der Waals surface area contributed by atoms with Crippen LogP contribution in [0.15, 0.2) is 42.9 Å². The Balaban J connectivity index is 1.54. The van der Waals surface area contributed by atoms with Crippen molar-refractivity contribution in [1.82, 2.24) is 14.5 Å². The average Bonchev–Trinajstić information content (AvgIpc) is 3.35. The van der Waals surface area contributed by atoms with Crippen LogP contribution in [0, 0.1) is 5.92 Å². The van der Waals surface area contributed by atoms with E-state index >= 15 is 0 Å². The zero-order valence-corrected chi connectivity index (χ0v) is 16.1. The summed E-state index contributed by atoms with van der Waals surface area (Å²) >= 11 is 5.94. The molecule has 1 aliphatic carbocycles. The van der Waals surface area contributed by atoms with Crippen molar-refractivity contribution in [2.75, 3.05) is 12.4 Å². The van der Waals surface area contributed by atoms with E-state index in [1.165, 1.54) is 13.4 Å². The number of aliphatic hydroxyl groups is 1. The van der Waals surface area contributed by atoms with Gasteiger partial charge in [-0.15, -0.1) is 0 Å². The molecular weight excluding hydrogens is 380 g/mol. The van der Waals surface area contributed by atoms with Gasteiger partial charge in [0.05, 0.1) is 18.6 Å². The number of anilines is 1. The van der Waals surface area contributed by atoms with Gasteiger partial charge in [-0.25, -0.2) is 14.8 Å². The molecule has 2 N–H and O–H groups in total. The summed E-state index contributed by atoms with van der Waals surface area (Å²) in [6, 6.07) is 9.48. The zero-order valence-electron chi connectivity index (χ0n) is 15.4. The van der Waals surface area contributed by atoms with E-state index in [2.05, 4.69) is 24.6 Å². The maximum absolute atomic E-state index is 11.5. The van der Waals surface area contributed by atoms with Gasteiger partial charge in [0.15, 0.2) is 0 Å². The lowest BCUT2D eigenvalue weighted by atomic mass is 9.94. The number of aromatic nitrogens is 3. The summed E-state index contributed by atoms with van der Waals surface area (Å²) < 4.78 is 6.75. The van der Waals surface area contributed by atoms with Gasteiger partial charge in [0.2, 0.25) is 0 Å². The molecule has 0 radical (unpaired) electrons. The molecule has 146 valence electrons. The number of ether oxygens (including phenoxy) is 1. The van der Waals surface area contributed by atoms with Crippen LogP contribution in [-0.4, -0.2) is 32.8 Å². The van der Waals surface area contributed by atoms with Crippen molar-refractivity contribution in [1.29, 1.82) is 0 Å². The molecule has 28 heavy (non-hydrogen) atoms. The maximum Gasteiger partial charge on any atom is 0.412 e. The number of aliphatic hydroxyl groups excluding tert-OH is 1. The number of nitrogens with one attached hydrogen (secondary N) is 1. The van der Waals surface area contributed by atoms with Gasteiger partial charge in [0.25, 0.3) is 0 Å². The third-order valence-corrected chi connectivity index (χ3v) is 5.66. The molecule has 3 unspecified atom stereocenters. The van der Waals surface area contributed by atoms with Gasteiger partial charge < -0.3 is 14.4 Å². The Morgan fingerprint density at radius 1 is 1.29 bits per heavy atom. The van der Waals surface area contributed by atoms with Crippen LogP contribution in [0.3, 0.4) is 0 Å². The fourth-order valence-electron chi connectivity index (χ4n) is 3.98. The van der Waals surface area contributed by atoms with Crippen LogP contribution in [0.2, 0.25) is 5.02 Å². The molecule has 1 amide bonds. The van der Waals surface area contributed by atoms with Crippen molar-refractivity contribution in [2.45, 2.75) is 31.4 Å². The highest BCUT2D eigenvalue weighted by Crippen LogP contribution is 2.42.